The minimum atomic E-state index is 0.553. The third-order valence-electron chi connectivity index (χ3n) is 4.24. The SMILES string of the molecule is N#C/C(Sc1ccccc1)=c1/cc/c(=C(/C#N)Sc2ccccc2)c2occc12. The number of hydrogen-bond donors (Lipinski definition) is 0. The molecule has 0 fully saturated rings. The Morgan fingerprint density at radius 2 is 1.17 bits per heavy atom. The third-order valence-corrected chi connectivity index (χ3v) is 6.28. The van der Waals surface area contributed by atoms with Crippen molar-refractivity contribution in [2.45, 2.75) is 9.79 Å². The van der Waals surface area contributed by atoms with E-state index in [0.29, 0.717) is 15.4 Å². The minimum absolute atomic E-state index is 0.553. The summed E-state index contributed by atoms with van der Waals surface area (Å²) >= 11 is 2.82. The van der Waals surface area contributed by atoms with Gasteiger partial charge in [-0.25, -0.2) is 0 Å². The second-order valence-corrected chi connectivity index (χ2v) is 8.20. The summed E-state index contributed by atoms with van der Waals surface area (Å²) in [4.78, 5) is 3.12. The van der Waals surface area contributed by atoms with E-state index in [1.807, 2.05) is 78.9 Å². The zero-order chi connectivity index (χ0) is 20.1. The van der Waals surface area contributed by atoms with Gasteiger partial charge in [-0.05, 0) is 36.4 Å². The molecule has 0 unspecified atom stereocenters. The molecule has 0 spiro atoms. The van der Waals surface area contributed by atoms with Gasteiger partial charge in [-0.3, -0.25) is 0 Å². The van der Waals surface area contributed by atoms with Gasteiger partial charge in [-0.2, -0.15) is 10.5 Å². The summed E-state index contributed by atoms with van der Waals surface area (Å²) < 4.78 is 5.74. The van der Waals surface area contributed by atoms with Crippen molar-refractivity contribution in [2.24, 2.45) is 0 Å². The highest BCUT2D eigenvalue weighted by Gasteiger charge is 2.10. The van der Waals surface area contributed by atoms with Gasteiger partial charge < -0.3 is 4.42 Å². The molecule has 1 heterocycles. The average molecular weight is 411 g/mol. The van der Waals surface area contributed by atoms with E-state index < -0.39 is 0 Å². The normalized spacial score (nSPS) is 12.8. The molecule has 0 atom stereocenters. The molecule has 0 saturated heterocycles. The molecule has 29 heavy (non-hydrogen) atoms. The van der Waals surface area contributed by atoms with Gasteiger partial charge in [0.05, 0.1) is 11.2 Å². The average Bonchev–Trinajstić information content (AvgIpc) is 3.27. The minimum Gasteiger partial charge on any atom is -0.464 e. The number of rotatable bonds is 4. The molecule has 0 amide bonds. The molecule has 5 heteroatoms. The van der Waals surface area contributed by atoms with Crippen molar-refractivity contribution in [3.63, 3.8) is 0 Å². The zero-order valence-corrected chi connectivity index (χ0v) is 16.8. The molecule has 4 aromatic rings. The fraction of sp³-hybridized carbons (Fsp3) is 0. The van der Waals surface area contributed by atoms with Crippen molar-refractivity contribution < 1.29 is 4.42 Å². The Morgan fingerprint density at radius 1 is 0.655 bits per heavy atom. The first kappa shape index (κ1) is 19.0. The number of hydrogen-bond acceptors (Lipinski definition) is 5. The number of nitriles is 2. The Kier molecular flexibility index (Phi) is 5.72. The van der Waals surface area contributed by atoms with E-state index >= 15 is 0 Å². The van der Waals surface area contributed by atoms with Gasteiger partial charge in [0.2, 0.25) is 0 Å². The van der Waals surface area contributed by atoms with Crippen LogP contribution in [0, 0.1) is 22.7 Å². The number of nitrogens with zero attached hydrogens (tertiary/aromatic N) is 2. The summed E-state index contributed by atoms with van der Waals surface area (Å²) in [6.07, 6.45) is 1.60. The molecule has 0 aliphatic carbocycles. The highest BCUT2D eigenvalue weighted by atomic mass is 32.2. The van der Waals surface area contributed by atoms with Crippen molar-refractivity contribution in [1.29, 1.82) is 10.5 Å². The Balaban J connectivity index is 1.90. The van der Waals surface area contributed by atoms with Gasteiger partial charge in [0.15, 0.2) is 0 Å². The van der Waals surface area contributed by atoms with E-state index in [2.05, 4.69) is 12.1 Å². The Morgan fingerprint density at radius 3 is 1.72 bits per heavy atom. The standard InChI is InChI=1S/C24H14N2OS2/c25-15-22(28-17-7-3-1-4-8-17)19-11-12-21(24-20(19)13-14-27-24)23(16-26)29-18-9-5-2-6-10-18/h1-14H/b22-19+,23-21+. The van der Waals surface area contributed by atoms with Crippen LogP contribution < -0.4 is 10.4 Å². The van der Waals surface area contributed by atoms with Crippen molar-refractivity contribution in [1.82, 2.24) is 0 Å². The van der Waals surface area contributed by atoms with Gasteiger partial charge in [0, 0.05) is 25.6 Å². The lowest BCUT2D eigenvalue weighted by Gasteiger charge is -2.02. The molecule has 0 saturated carbocycles. The second-order valence-electron chi connectivity index (χ2n) is 6.04. The number of fused-ring (bicyclic) bond motifs is 1. The molecular weight excluding hydrogens is 396 g/mol. The summed E-state index contributed by atoms with van der Waals surface area (Å²) in [6, 6.07) is 29.8. The Hall–Kier alpha value is -3.38. The lowest BCUT2D eigenvalue weighted by atomic mass is 10.1. The highest BCUT2D eigenvalue weighted by molar-refractivity contribution is 8.08. The second kappa shape index (κ2) is 8.75. The maximum absolute atomic E-state index is 9.76. The number of furan rings is 1. The van der Waals surface area contributed by atoms with Crippen LogP contribution in [0.4, 0.5) is 0 Å². The maximum atomic E-state index is 9.76. The van der Waals surface area contributed by atoms with Crippen molar-refractivity contribution >= 4 is 44.3 Å². The van der Waals surface area contributed by atoms with Crippen LogP contribution in [0.25, 0.3) is 20.8 Å². The first-order valence-electron chi connectivity index (χ1n) is 8.81. The van der Waals surface area contributed by atoms with Crippen LogP contribution in [0.1, 0.15) is 0 Å². The van der Waals surface area contributed by atoms with Crippen LogP contribution in [-0.4, -0.2) is 0 Å². The molecule has 3 aromatic carbocycles. The van der Waals surface area contributed by atoms with Gasteiger partial charge >= 0.3 is 0 Å². The molecule has 0 aliphatic heterocycles. The predicted molar refractivity (Wildman–Crippen MR) is 118 cm³/mol. The lowest BCUT2D eigenvalue weighted by Crippen LogP contribution is -2.13. The molecular formula is C24H14N2OS2. The van der Waals surface area contributed by atoms with E-state index in [1.165, 1.54) is 23.5 Å². The van der Waals surface area contributed by atoms with Crippen LogP contribution in [-0.2, 0) is 0 Å². The van der Waals surface area contributed by atoms with Crippen LogP contribution >= 0.6 is 23.5 Å². The van der Waals surface area contributed by atoms with Crippen molar-refractivity contribution in [3.05, 3.63) is 95.6 Å². The molecule has 4 rings (SSSR count). The Labute approximate surface area is 176 Å². The lowest BCUT2D eigenvalue weighted by molar-refractivity contribution is 0.613. The van der Waals surface area contributed by atoms with Crippen molar-refractivity contribution in [3.8, 4) is 12.1 Å². The van der Waals surface area contributed by atoms with Gasteiger partial charge in [-0.1, -0.05) is 66.0 Å². The summed E-state index contributed by atoms with van der Waals surface area (Å²) in [5.74, 6) is 0. The zero-order valence-electron chi connectivity index (χ0n) is 15.2. The summed E-state index contributed by atoms with van der Waals surface area (Å²) in [5, 5.41) is 21.9. The number of benzene rings is 3. The monoisotopic (exact) mass is 410 g/mol. The molecule has 0 bridgehead atoms. The van der Waals surface area contributed by atoms with Gasteiger partial charge in [0.1, 0.15) is 22.6 Å². The van der Waals surface area contributed by atoms with E-state index in [9.17, 15) is 10.5 Å². The molecule has 1 aromatic heterocycles. The Bertz CT molecular complexity index is 1260. The summed E-state index contributed by atoms with van der Waals surface area (Å²) in [5.41, 5.74) is 0.615. The first-order chi connectivity index (χ1) is 14.3. The number of thioether (sulfide) groups is 2. The quantitative estimate of drug-likeness (QED) is 0.428. The molecule has 138 valence electrons. The maximum Gasteiger partial charge on any atom is 0.143 e. The van der Waals surface area contributed by atoms with Gasteiger partial charge in [0.25, 0.3) is 0 Å². The first-order valence-corrected chi connectivity index (χ1v) is 10.4. The van der Waals surface area contributed by atoms with E-state index in [-0.39, 0.29) is 0 Å². The molecule has 0 aliphatic rings. The van der Waals surface area contributed by atoms with Crippen LogP contribution in [0.5, 0.6) is 0 Å². The fourth-order valence-electron chi connectivity index (χ4n) is 2.93. The van der Waals surface area contributed by atoms with Crippen LogP contribution in [0.3, 0.4) is 0 Å². The van der Waals surface area contributed by atoms with Gasteiger partial charge in [-0.15, -0.1) is 0 Å². The molecule has 3 nitrogen and oxygen atoms in total. The van der Waals surface area contributed by atoms with E-state index in [1.54, 1.807) is 6.26 Å². The molecule has 0 radical (unpaired) electrons. The summed E-state index contributed by atoms with van der Waals surface area (Å²) in [6.45, 7) is 0. The fourth-order valence-corrected chi connectivity index (χ4v) is 4.64. The smallest absolute Gasteiger partial charge is 0.143 e. The van der Waals surface area contributed by atoms with E-state index in [0.717, 1.165) is 25.6 Å². The predicted octanol–water partition coefficient (Wildman–Crippen LogP) is 5.28. The summed E-state index contributed by atoms with van der Waals surface area (Å²) in [7, 11) is 0. The largest absolute Gasteiger partial charge is 0.464 e. The van der Waals surface area contributed by atoms with Crippen LogP contribution in [0.2, 0.25) is 0 Å². The highest BCUT2D eigenvalue weighted by Crippen LogP contribution is 2.28. The third kappa shape index (κ3) is 4.07. The topological polar surface area (TPSA) is 60.7 Å². The molecule has 0 N–H and O–H groups in total. The van der Waals surface area contributed by atoms with Crippen LogP contribution in [0.15, 0.2) is 99.3 Å². The van der Waals surface area contributed by atoms with Crippen molar-refractivity contribution in [2.75, 3.05) is 0 Å². The van der Waals surface area contributed by atoms with E-state index in [4.69, 9.17) is 4.42 Å².